The fourth-order valence-corrected chi connectivity index (χ4v) is 3.78. The third-order valence-corrected chi connectivity index (χ3v) is 5.65. The summed E-state index contributed by atoms with van der Waals surface area (Å²) in [4.78, 5) is 23.8. The van der Waals surface area contributed by atoms with E-state index in [1.807, 2.05) is 0 Å². The number of nitrogens with zero attached hydrogens (tertiary/aromatic N) is 1. The highest BCUT2D eigenvalue weighted by Gasteiger charge is 2.24. The lowest BCUT2D eigenvalue weighted by atomic mass is 10.1. The number of nitrogens with one attached hydrogen (secondary N) is 1. The second kappa shape index (κ2) is 8.48. The van der Waals surface area contributed by atoms with Gasteiger partial charge in [-0.2, -0.15) is 0 Å². The molecule has 0 aromatic heterocycles. The van der Waals surface area contributed by atoms with Crippen LogP contribution in [-0.2, 0) is 14.8 Å². The third-order valence-electron chi connectivity index (χ3n) is 3.50. The van der Waals surface area contributed by atoms with Crippen molar-refractivity contribution in [3.05, 3.63) is 57.0 Å². The van der Waals surface area contributed by atoms with Crippen molar-refractivity contribution < 1.29 is 18.0 Å². The molecule has 6 nitrogen and oxygen atoms in total. The Kier molecular flexibility index (Phi) is 6.75. The van der Waals surface area contributed by atoms with Gasteiger partial charge < -0.3 is 5.32 Å². The molecular weight excluding hydrogens is 435 g/mol. The molecule has 0 aliphatic heterocycles. The maximum absolute atomic E-state index is 12.4. The van der Waals surface area contributed by atoms with Gasteiger partial charge in [-0.05, 0) is 31.2 Å². The zero-order valence-corrected chi connectivity index (χ0v) is 17.4. The van der Waals surface area contributed by atoms with Crippen molar-refractivity contribution in [1.29, 1.82) is 0 Å². The highest BCUT2D eigenvalue weighted by molar-refractivity contribution is 7.92. The second-order valence-electron chi connectivity index (χ2n) is 5.67. The molecular formula is C17H15Cl3N2O4S. The van der Waals surface area contributed by atoms with Crippen LogP contribution in [0.3, 0.4) is 0 Å². The summed E-state index contributed by atoms with van der Waals surface area (Å²) in [5.41, 5.74) is 0.808. The fourth-order valence-electron chi connectivity index (χ4n) is 2.23. The van der Waals surface area contributed by atoms with Crippen LogP contribution in [0.2, 0.25) is 15.1 Å². The van der Waals surface area contributed by atoms with Gasteiger partial charge in [-0.1, -0.05) is 46.9 Å². The van der Waals surface area contributed by atoms with Crippen LogP contribution in [0.15, 0.2) is 36.4 Å². The lowest BCUT2D eigenvalue weighted by Crippen LogP contribution is -2.37. The van der Waals surface area contributed by atoms with E-state index in [-0.39, 0.29) is 26.5 Å². The Morgan fingerprint density at radius 3 is 2.26 bits per heavy atom. The van der Waals surface area contributed by atoms with Crippen LogP contribution in [0.25, 0.3) is 0 Å². The van der Waals surface area contributed by atoms with Gasteiger partial charge in [-0.15, -0.1) is 0 Å². The molecule has 2 aromatic rings. The van der Waals surface area contributed by atoms with Gasteiger partial charge in [-0.25, -0.2) is 8.42 Å². The number of ketones is 1. The van der Waals surface area contributed by atoms with Gasteiger partial charge in [-0.3, -0.25) is 13.9 Å². The molecule has 144 valence electrons. The van der Waals surface area contributed by atoms with Crippen LogP contribution in [-0.4, -0.2) is 32.9 Å². The van der Waals surface area contributed by atoms with E-state index in [2.05, 4.69) is 5.32 Å². The maximum Gasteiger partial charge on any atom is 0.245 e. The van der Waals surface area contributed by atoms with Crippen molar-refractivity contribution in [2.45, 2.75) is 6.92 Å². The molecule has 0 aliphatic rings. The predicted molar refractivity (Wildman–Crippen MR) is 109 cm³/mol. The molecule has 27 heavy (non-hydrogen) atoms. The van der Waals surface area contributed by atoms with Crippen LogP contribution in [0.4, 0.5) is 11.4 Å². The Morgan fingerprint density at radius 2 is 1.67 bits per heavy atom. The van der Waals surface area contributed by atoms with E-state index in [4.69, 9.17) is 34.8 Å². The van der Waals surface area contributed by atoms with Gasteiger partial charge in [0.2, 0.25) is 15.9 Å². The topological polar surface area (TPSA) is 83.6 Å². The number of sulfonamides is 1. The molecule has 0 bridgehead atoms. The minimum Gasteiger partial charge on any atom is -0.324 e. The van der Waals surface area contributed by atoms with E-state index in [9.17, 15) is 18.0 Å². The summed E-state index contributed by atoms with van der Waals surface area (Å²) in [5, 5.41) is 2.84. The lowest BCUT2D eigenvalue weighted by molar-refractivity contribution is -0.114. The van der Waals surface area contributed by atoms with Gasteiger partial charge in [0.25, 0.3) is 0 Å². The van der Waals surface area contributed by atoms with E-state index >= 15 is 0 Å². The smallest absolute Gasteiger partial charge is 0.245 e. The van der Waals surface area contributed by atoms with Gasteiger partial charge in [0.1, 0.15) is 6.54 Å². The number of benzene rings is 2. The molecule has 0 spiro atoms. The summed E-state index contributed by atoms with van der Waals surface area (Å²) in [6.07, 6.45) is 0.940. The Morgan fingerprint density at radius 1 is 1.04 bits per heavy atom. The lowest BCUT2D eigenvalue weighted by Gasteiger charge is -2.23. The monoisotopic (exact) mass is 448 g/mol. The number of halogens is 3. The fraction of sp³-hybridized carbons (Fsp3) is 0.176. The molecule has 0 saturated carbocycles. The molecule has 0 radical (unpaired) electrons. The number of carbonyl (C=O) groups is 2. The number of hydrogen-bond acceptors (Lipinski definition) is 4. The van der Waals surface area contributed by atoms with Gasteiger partial charge >= 0.3 is 0 Å². The highest BCUT2D eigenvalue weighted by atomic mass is 35.5. The first-order valence-corrected chi connectivity index (χ1v) is 10.5. The molecule has 1 N–H and O–H groups in total. The van der Waals surface area contributed by atoms with Crippen molar-refractivity contribution in [3.8, 4) is 0 Å². The van der Waals surface area contributed by atoms with E-state index in [0.29, 0.717) is 11.3 Å². The van der Waals surface area contributed by atoms with E-state index in [0.717, 1.165) is 10.6 Å². The average Bonchev–Trinajstić information content (AvgIpc) is 2.55. The van der Waals surface area contributed by atoms with Gasteiger partial charge in [0, 0.05) is 11.3 Å². The SMILES string of the molecule is CC(=O)c1cccc(NC(=O)CN(c2cc(Cl)c(Cl)cc2Cl)S(C)(=O)=O)c1. The largest absolute Gasteiger partial charge is 0.324 e. The van der Waals surface area contributed by atoms with Crippen LogP contribution < -0.4 is 9.62 Å². The summed E-state index contributed by atoms with van der Waals surface area (Å²) in [6.45, 7) is 0.861. The zero-order chi connectivity index (χ0) is 20.4. The molecule has 0 heterocycles. The molecule has 0 fully saturated rings. The second-order valence-corrected chi connectivity index (χ2v) is 8.80. The number of amides is 1. The molecule has 10 heteroatoms. The first kappa shape index (κ1) is 21.5. The van der Waals surface area contributed by atoms with Crippen LogP contribution in [0.5, 0.6) is 0 Å². The predicted octanol–water partition coefficient (Wildman–Crippen LogP) is 4.25. The van der Waals surface area contributed by atoms with E-state index in [1.54, 1.807) is 18.2 Å². The Balaban J connectivity index is 2.30. The zero-order valence-electron chi connectivity index (χ0n) is 14.3. The summed E-state index contributed by atoms with van der Waals surface area (Å²) in [5.74, 6) is -0.783. The standard InChI is InChI=1S/C17H15Cl3N2O4S/c1-10(23)11-4-3-5-12(6-11)21-17(24)9-22(27(2,25)26)16-8-14(19)13(18)7-15(16)20/h3-8H,9H2,1-2H3,(H,21,24). The van der Waals surface area contributed by atoms with Gasteiger partial charge in [0.05, 0.1) is 27.0 Å². The van der Waals surface area contributed by atoms with E-state index in [1.165, 1.54) is 25.1 Å². The summed E-state index contributed by atoms with van der Waals surface area (Å²) >= 11 is 17.9. The highest BCUT2D eigenvalue weighted by Crippen LogP contribution is 2.35. The summed E-state index contributed by atoms with van der Waals surface area (Å²) < 4.78 is 25.2. The van der Waals surface area contributed by atoms with Crippen LogP contribution in [0.1, 0.15) is 17.3 Å². The quantitative estimate of drug-likeness (QED) is 0.528. The molecule has 1 amide bonds. The summed E-state index contributed by atoms with van der Waals surface area (Å²) in [6, 6.07) is 8.87. The molecule has 0 saturated heterocycles. The van der Waals surface area contributed by atoms with Crippen molar-refractivity contribution in [3.63, 3.8) is 0 Å². The Labute approximate surface area is 172 Å². The Bertz CT molecular complexity index is 1010. The minimum absolute atomic E-state index is 0.0289. The van der Waals surface area contributed by atoms with Crippen molar-refractivity contribution in [1.82, 2.24) is 0 Å². The summed E-state index contributed by atoms with van der Waals surface area (Å²) in [7, 11) is -3.85. The first-order chi connectivity index (χ1) is 12.5. The van der Waals surface area contributed by atoms with Crippen molar-refractivity contribution in [2.75, 3.05) is 22.4 Å². The third kappa shape index (κ3) is 5.59. The molecule has 0 atom stereocenters. The average molecular weight is 450 g/mol. The molecule has 0 aliphatic carbocycles. The van der Waals surface area contributed by atoms with Crippen molar-refractivity contribution in [2.24, 2.45) is 0 Å². The number of carbonyl (C=O) groups excluding carboxylic acids is 2. The van der Waals surface area contributed by atoms with Gasteiger partial charge in [0.15, 0.2) is 5.78 Å². The molecule has 2 aromatic carbocycles. The normalized spacial score (nSPS) is 11.1. The van der Waals surface area contributed by atoms with Crippen LogP contribution in [0, 0.1) is 0 Å². The molecule has 0 unspecified atom stereocenters. The van der Waals surface area contributed by atoms with Crippen LogP contribution >= 0.6 is 34.8 Å². The maximum atomic E-state index is 12.4. The number of anilines is 2. The molecule has 2 rings (SSSR count). The number of rotatable bonds is 6. The number of hydrogen-bond donors (Lipinski definition) is 1. The number of Topliss-reactive ketones (excluding diaryl/α,β-unsaturated/α-hetero) is 1. The van der Waals surface area contributed by atoms with Crippen molar-refractivity contribution >= 4 is 67.9 Å². The minimum atomic E-state index is -3.85. The van der Waals surface area contributed by atoms with E-state index < -0.39 is 22.5 Å². The Hall–Kier alpha value is -1.80. The first-order valence-electron chi connectivity index (χ1n) is 7.52.